The lowest BCUT2D eigenvalue weighted by Crippen LogP contribution is -2.15. The summed E-state index contributed by atoms with van der Waals surface area (Å²) in [6, 6.07) is 8.45. The summed E-state index contributed by atoms with van der Waals surface area (Å²) in [5, 5.41) is 0. The lowest BCUT2D eigenvalue weighted by molar-refractivity contribution is -0.0230. The molecule has 9 nitrogen and oxygen atoms in total. The van der Waals surface area contributed by atoms with Crippen LogP contribution in [0.1, 0.15) is 57.4 Å². The summed E-state index contributed by atoms with van der Waals surface area (Å²) in [7, 11) is 0. The van der Waals surface area contributed by atoms with Crippen molar-refractivity contribution in [3.8, 4) is 18.1 Å². The van der Waals surface area contributed by atoms with E-state index in [-0.39, 0.29) is 0 Å². The van der Waals surface area contributed by atoms with Crippen LogP contribution in [0.2, 0.25) is 0 Å². The SMILES string of the molecule is C#CCOCCOCCOCCOCCOCCOCCOCCOCCOc1ccc(CCCCCCCCC)cc1. The first-order chi connectivity index (χ1) is 21.4. The zero-order valence-electron chi connectivity index (χ0n) is 26.7. The second kappa shape index (κ2) is 33.2. The normalized spacial score (nSPS) is 11.2. The Labute approximate surface area is 261 Å². The van der Waals surface area contributed by atoms with Crippen molar-refractivity contribution < 1.29 is 42.6 Å². The van der Waals surface area contributed by atoms with Crippen molar-refractivity contribution in [1.29, 1.82) is 0 Å². The number of aryl methyl sites for hydroxylation is 1. The largest absolute Gasteiger partial charge is 0.491 e. The molecule has 0 aliphatic carbocycles. The van der Waals surface area contributed by atoms with E-state index in [0.717, 1.165) is 12.2 Å². The summed E-state index contributed by atoms with van der Waals surface area (Å²) >= 11 is 0. The average Bonchev–Trinajstić information content (AvgIpc) is 3.03. The molecule has 0 aromatic heterocycles. The number of terminal acetylenes is 1. The Kier molecular flexibility index (Phi) is 30.3. The number of hydrogen-bond donors (Lipinski definition) is 0. The van der Waals surface area contributed by atoms with Crippen molar-refractivity contribution >= 4 is 0 Å². The molecule has 0 aliphatic heterocycles. The molecule has 0 fully saturated rings. The summed E-state index contributed by atoms with van der Waals surface area (Å²) in [4.78, 5) is 0. The van der Waals surface area contributed by atoms with Crippen molar-refractivity contribution in [2.24, 2.45) is 0 Å². The van der Waals surface area contributed by atoms with E-state index >= 15 is 0 Å². The zero-order valence-corrected chi connectivity index (χ0v) is 26.7. The number of hydrogen-bond acceptors (Lipinski definition) is 9. The van der Waals surface area contributed by atoms with E-state index in [9.17, 15) is 0 Å². The molecule has 1 aromatic rings. The quantitative estimate of drug-likeness (QED) is 0.0780. The van der Waals surface area contributed by atoms with Gasteiger partial charge in [-0.1, -0.05) is 63.5 Å². The highest BCUT2D eigenvalue weighted by atomic mass is 16.6. The van der Waals surface area contributed by atoms with E-state index in [1.165, 1.54) is 50.5 Å². The molecule has 0 radical (unpaired) electrons. The molecular weight excluding hydrogens is 552 g/mol. The summed E-state index contributed by atoms with van der Waals surface area (Å²) in [5.74, 6) is 3.29. The molecular formula is C34H58O9. The number of ether oxygens (including phenoxy) is 9. The number of unbranched alkanes of at least 4 members (excludes halogenated alkanes) is 6. The topological polar surface area (TPSA) is 83.1 Å². The minimum atomic E-state index is 0.312. The second-order valence-corrected chi connectivity index (χ2v) is 9.91. The maximum Gasteiger partial charge on any atom is 0.119 e. The van der Waals surface area contributed by atoms with Crippen LogP contribution in [-0.2, 0) is 44.3 Å². The molecule has 0 atom stereocenters. The lowest BCUT2D eigenvalue weighted by atomic mass is 10.0. The van der Waals surface area contributed by atoms with Gasteiger partial charge < -0.3 is 42.6 Å². The molecule has 248 valence electrons. The minimum absolute atomic E-state index is 0.312. The van der Waals surface area contributed by atoms with Crippen LogP contribution >= 0.6 is 0 Å². The smallest absolute Gasteiger partial charge is 0.119 e. The van der Waals surface area contributed by atoms with Crippen LogP contribution in [0.3, 0.4) is 0 Å². The minimum Gasteiger partial charge on any atom is -0.491 e. The summed E-state index contributed by atoms with van der Waals surface area (Å²) in [6.07, 6.45) is 15.6. The van der Waals surface area contributed by atoms with E-state index in [1.807, 2.05) is 0 Å². The highest BCUT2D eigenvalue weighted by Crippen LogP contribution is 2.15. The van der Waals surface area contributed by atoms with Crippen LogP contribution in [0.15, 0.2) is 24.3 Å². The van der Waals surface area contributed by atoms with Crippen LogP contribution in [0.4, 0.5) is 0 Å². The predicted molar refractivity (Wildman–Crippen MR) is 169 cm³/mol. The lowest BCUT2D eigenvalue weighted by Gasteiger charge is -2.09. The Morgan fingerprint density at radius 3 is 1.26 bits per heavy atom. The van der Waals surface area contributed by atoms with Crippen LogP contribution in [0.25, 0.3) is 0 Å². The maximum absolute atomic E-state index is 5.77. The van der Waals surface area contributed by atoms with E-state index in [2.05, 4.69) is 37.1 Å². The molecule has 0 spiro atoms. The Morgan fingerprint density at radius 1 is 0.465 bits per heavy atom. The molecule has 0 aliphatic rings. The first-order valence-electron chi connectivity index (χ1n) is 16.1. The Morgan fingerprint density at radius 2 is 0.837 bits per heavy atom. The van der Waals surface area contributed by atoms with Gasteiger partial charge in [0.05, 0.1) is 99.1 Å². The van der Waals surface area contributed by atoms with Crippen LogP contribution < -0.4 is 4.74 Å². The third-order valence-corrected chi connectivity index (χ3v) is 6.28. The van der Waals surface area contributed by atoms with Crippen LogP contribution in [-0.4, -0.2) is 112 Å². The standard InChI is InChI=1S/C34H58O9/c1-3-5-6-7-8-9-10-11-33-12-14-34(15-13-33)43-32-31-42-30-29-41-28-27-40-26-25-39-24-23-38-22-21-37-20-19-36-18-17-35-16-4-2/h2,12-15H,3,5-11,16-32H2,1H3. The molecule has 1 rings (SSSR count). The maximum atomic E-state index is 5.77. The fourth-order valence-electron chi connectivity index (χ4n) is 3.93. The molecule has 0 heterocycles. The monoisotopic (exact) mass is 610 g/mol. The summed E-state index contributed by atoms with van der Waals surface area (Å²) < 4.78 is 49.2. The fourth-order valence-corrected chi connectivity index (χ4v) is 3.93. The van der Waals surface area contributed by atoms with Crippen LogP contribution in [0.5, 0.6) is 5.75 Å². The van der Waals surface area contributed by atoms with Crippen molar-refractivity contribution in [2.75, 3.05) is 112 Å². The first kappa shape index (κ1) is 39.3. The Balaban J connectivity index is 1.74. The van der Waals surface area contributed by atoms with E-state index < -0.39 is 0 Å². The Bertz CT molecular complexity index is 724. The van der Waals surface area contributed by atoms with Gasteiger partial charge in [-0.15, -0.1) is 6.42 Å². The number of benzene rings is 1. The van der Waals surface area contributed by atoms with Gasteiger partial charge in [-0.3, -0.25) is 0 Å². The molecule has 0 amide bonds. The van der Waals surface area contributed by atoms with Gasteiger partial charge in [0.1, 0.15) is 19.0 Å². The molecule has 0 N–H and O–H groups in total. The summed E-state index contributed by atoms with van der Waals surface area (Å²) in [6.45, 7) is 10.9. The third kappa shape index (κ3) is 28.8. The molecule has 0 saturated carbocycles. The molecule has 1 aromatic carbocycles. The predicted octanol–water partition coefficient (Wildman–Crippen LogP) is 5.12. The van der Waals surface area contributed by atoms with Crippen molar-refractivity contribution in [2.45, 2.75) is 58.3 Å². The molecule has 0 saturated heterocycles. The average molecular weight is 611 g/mol. The van der Waals surface area contributed by atoms with Gasteiger partial charge in [-0.2, -0.15) is 0 Å². The van der Waals surface area contributed by atoms with Gasteiger partial charge >= 0.3 is 0 Å². The molecule has 0 bridgehead atoms. The van der Waals surface area contributed by atoms with Crippen molar-refractivity contribution in [1.82, 2.24) is 0 Å². The zero-order chi connectivity index (χ0) is 30.7. The van der Waals surface area contributed by atoms with Crippen molar-refractivity contribution in [3.05, 3.63) is 29.8 Å². The molecule has 0 unspecified atom stereocenters. The van der Waals surface area contributed by atoms with Gasteiger partial charge in [-0.05, 0) is 30.5 Å². The first-order valence-corrected chi connectivity index (χ1v) is 16.1. The fraction of sp³-hybridized carbons (Fsp3) is 0.765. The second-order valence-electron chi connectivity index (χ2n) is 9.91. The van der Waals surface area contributed by atoms with Gasteiger partial charge in [0.25, 0.3) is 0 Å². The molecule has 43 heavy (non-hydrogen) atoms. The van der Waals surface area contributed by atoms with E-state index in [1.54, 1.807) is 0 Å². The third-order valence-electron chi connectivity index (χ3n) is 6.28. The van der Waals surface area contributed by atoms with Gasteiger partial charge in [0.2, 0.25) is 0 Å². The van der Waals surface area contributed by atoms with Crippen molar-refractivity contribution in [3.63, 3.8) is 0 Å². The van der Waals surface area contributed by atoms with Gasteiger partial charge in [-0.25, -0.2) is 0 Å². The highest BCUT2D eigenvalue weighted by molar-refractivity contribution is 5.27. The van der Waals surface area contributed by atoms with E-state index in [0.29, 0.717) is 112 Å². The summed E-state index contributed by atoms with van der Waals surface area (Å²) in [5.41, 5.74) is 1.38. The molecule has 9 heteroatoms. The van der Waals surface area contributed by atoms with E-state index in [4.69, 9.17) is 49.1 Å². The van der Waals surface area contributed by atoms with Gasteiger partial charge in [0, 0.05) is 0 Å². The number of rotatable bonds is 34. The van der Waals surface area contributed by atoms with Crippen LogP contribution in [0, 0.1) is 12.3 Å². The highest BCUT2D eigenvalue weighted by Gasteiger charge is 1.99. The van der Waals surface area contributed by atoms with Gasteiger partial charge in [0.15, 0.2) is 0 Å². The Hall–Kier alpha value is -1.74.